The fourth-order valence-electron chi connectivity index (χ4n) is 2.02. The molecule has 0 amide bonds. The summed E-state index contributed by atoms with van der Waals surface area (Å²) >= 11 is 15.4. The second-order valence-electron chi connectivity index (χ2n) is 4.53. The average molecular weight is 410 g/mol. The van der Waals surface area contributed by atoms with E-state index in [0.29, 0.717) is 11.3 Å². The van der Waals surface area contributed by atoms with Gasteiger partial charge in [0.25, 0.3) is 0 Å². The maximum Gasteiger partial charge on any atom is 0.417 e. The van der Waals surface area contributed by atoms with Crippen LogP contribution in [0.15, 0.2) is 41.0 Å². The Balaban J connectivity index is 2.25. The Kier molecular flexibility index (Phi) is 3.87. The van der Waals surface area contributed by atoms with E-state index in [1.807, 2.05) is 0 Å². The molecule has 8 heteroatoms. The summed E-state index contributed by atoms with van der Waals surface area (Å²) in [5.41, 5.74) is 0.348. The third-order valence-corrected chi connectivity index (χ3v) is 4.23. The van der Waals surface area contributed by atoms with E-state index in [1.54, 1.807) is 24.3 Å². The van der Waals surface area contributed by atoms with E-state index in [1.165, 1.54) is 0 Å². The van der Waals surface area contributed by atoms with Gasteiger partial charge in [0.1, 0.15) is 10.8 Å². The van der Waals surface area contributed by atoms with E-state index in [4.69, 9.17) is 23.2 Å². The molecule has 1 aromatic carbocycles. The minimum Gasteiger partial charge on any atom is -0.288 e. The number of aromatic nitrogens is 2. The smallest absolute Gasteiger partial charge is 0.288 e. The monoisotopic (exact) mass is 408 g/mol. The Labute approximate surface area is 141 Å². The third kappa shape index (κ3) is 2.71. The Morgan fingerprint density at radius 3 is 2.32 bits per heavy atom. The van der Waals surface area contributed by atoms with Gasteiger partial charge in [-0.15, -0.1) is 0 Å². The van der Waals surface area contributed by atoms with Gasteiger partial charge in [-0.1, -0.05) is 51.3 Å². The van der Waals surface area contributed by atoms with Crippen LogP contribution >= 0.6 is 39.1 Å². The SMILES string of the molecule is FC(F)(F)c1cc(Cl)c2nc(-c3ccc(Br)cc3)c(Cl)n2c1. The highest BCUT2D eigenvalue weighted by Crippen LogP contribution is 2.36. The van der Waals surface area contributed by atoms with Gasteiger partial charge in [0.05, 0.1) is 10.6 Å². The number of nitrogens with zero attached hydrogens (tertiary/aromatic N) is 2. The van der Waals surface area contributed by atoms with Crippen LogP contribution in [0.2, 0.25) is 10.2 Å². The number of alkyl halides is 3. The van der Waals surface area contributed by atoms with Gasteiger partial charge in [-0.3, -0.25) is 4.40 Å². The maximum absolute atomic E-state index is 12.9. The van der Waals surface area contributed by atoms with Crippen LogP contribution in [0.4, 0.5) is 13.2 Å². The Hall–Kier alpha value is -1.24. The summed E-state index contributed by atoms with van der Waals surface area (Å²) in [4.78, 5) is 4.25. The lowest BCUT2D eigenvalue weighted by Gasteiger charge is -2.08. The Morgan fingerprint density at radius 1 is 1.09 bits per heavy atom. The molecular formula is C14H6BrCl2F3N2. The number of fused-ring (bicyclic) bond motifs is 1. The molecule has 0 saturated heterocycles. The average Bonchev–Trinajstić information content (AvgIpc) is 2.77. The first kappa shape index (κ1) is 15.6. The first-order chi connectivity index (χ1) is 10.3. The standard InChI is InChI=1S/C14H6BrCl2F3N2/c15-9-3-1-7(2-4-9)11-12(17)22-6-8(14(18,19)20)5-10(16)13(22)21-11/h1-6H. The lowest BCUT2D eigenvalue weighted by atomic mass is 10.2. The number of imidazole rings is 1. The molecule has 3 rings (SSSR count). The molecule has 0 spiro atoms. The molecule has 2 nitrogen and oxygen atoms in total. The maximum atomic E-state index is 12.9. The van der Waals surface area contributed by atoms with Gasteiger partial charge in [-0.25, -0.2) is 4.98 Å². The number of pyridine rings is 1. The van der Waals surface area contributed by atoms with Gasteiger partial charge in [0.2, 0.25) is 0 Å². The molecular weight excluding hydrogens is 404 g/mol. The topological polar surface area (TPSA) is 17.3 Å². The molecule has 0 aliphatic carbocycles. The highest BCUT2D eigenvalue weighted by molar-refractivity contribution is 9.10. The number of hydrogen-bond acceptors (Lipinski definition) is 1. The van der Waals surface area contributed by atoms with E-state index in [-0.39, 0.29) is 15.8 Å². The lowest BCUT2D eigenvalue weighted by Crippen LogP contribution is -2.06. The number of halogens is 6. The summed E-state index contributed by atoms with van der Waals surface area (Å²) < 4.78 is 40.6. The summed E-state index contributed by atoms with van der Waals surface area (Å²) in [6.45, 7) is 0. The van der Waals surface area contributed by atoms with Gasteiger partial charge in [-0.2, -0.15) is 13.2 Å². The van der Waals surface area contributed by atoms with Crippen LogP contribution in [0.25, 0.3) is 16.9 Å². The first-order valence-electron chi connectivity index (χ1n) is 5.97. The number of rotatable bonds is 1. The van der Waals surface area contributed by atoms with Crippen LogP contribution in [0.3, 0.4) is 0 Å². The van der Waals surface area contributed by atoms with Crippen LogP contribution < -0.4 is 0 Å². The number of benzene rings is 1. The molecule has 0 atom stereocenters. The van der Waals surface area contributed by atoms with Gasteiger partial charge in [0, 0.05) is 16.2 Å². The summed E-state index contributed by atoms with van der Waals surface area (Å²) in [6, 6.07) is 7.94. The van der Waals surface area contributed by atoms with E-state index in [2.05, 4.69) is 20.9 Å². The van der Waals surface area contributed by atoms with Gasteiger partial charge in [-0.05, 0) is 18.2 Å². The van der Waals surface area contributed by atoms with Gasteiger partial charge >= 0.3 is 6.18 Å². The van der Waals surface area contributed by atoms with E-state index >= 15 is 0 Å². The molecule has 0 bridgehead atoms. The molecule has 0 saturated carbocycles. The van der Waals surface area contributed by atoms with Crippen molar-refractivity contribution in [1.29, 1.82) is 0 Å². The summed E-state index contributed by atoms with van der Waals surface area (Å²) in [6.07, 6.45) is -3.62. The molecule has 114 valence electrons. The molecule has 0 unspecified atom stereocenters. The van der Waals surface area contributed by atoms with E-state index in [0.717, 1.165) is 21.1 Å². The van der Waals surface area contributed by atoms with Crippen molar-refractivity contribution in [2.24, 2.45) is 0 Å². The van der Waals surface area contributed by atoms with Gasteiger partial charge in [0.15, 0.2) is 5.65 Å². The fourth-order valence-corrected chi connectivity index (χ4v) is 2.82. The summed E-state index contributed by atoms with van der Waals surface area (Å²) in [5.74, 6) is 0. The molecule has 3 aromatic rings. The molecule has 2 heterocycles. The van der Waals surface area contributed by atoms with Crippen molar-refractivity contribution in [3.63, 3.8) is 0 Å². The van der Waals surface area contributed by atoms with Crippen LogP contribution in [0, 0.1) is 0 Å². The summed E-state index contributed by atoms with van der Waals surface area (Å²) in [7, 11) is 0. The van der Waals surface area contributed by atoms with Crippen molar-refractivity contribution in [3.05, 3.63) is 56.7 Å². The zero-order chi connectivity index (χ0) is 16.1. The lowest BCUT2D eigenvalue weighted by molar-refractivity contribution is -0.137. The predicted molar refractivity (Wildman–Crippen MR) is 83.4 cm³/mol. The largest absolute Gasteiger partial charge is 0.417 e. The molecule has 0 aliphatic heterocycles. The Morgan fingerprint density at radius 2 is 1.73 bits per heavy atom. The second kappa shape index (κ2) is 5.44. The first-order valence-corrected chi connectivity index (χ1v) is 7.52. The van der Waals surface area contributed by atoms with Crippen molar-refractivity contribution in [2.45, 2.75) is 6.18 Å². The fraction of sp³-hybridized carbons (Fsp3) is 0.0714. The minimum atomic E-state index is -4.51. The minimum absolute atomic E-state index is 0.0744. The molecule has 2 aromatic heterocycles. The number of hydrogen-bond donors (Lipinski definition) is 0. The second-order valence-corrected chi connectivity index (χ2v) is 6.21. The normalized spacial score (nSPS) is 12.1. The van der Waals surface area contributed by atoms with Crippen LogP contribution in [0.1, 0.15) is 5.56 Å². The van der Waals surface area contributed by atoms with Crippen molar-refractivity contribution in [3.8, 4) is 11.3 Å². The highest BCUT2D eigenvalue weighted by Gasteiger charge is 2.32. The molecule has 0 N–H and O–H groups in total. The van der Waals surface area contributed by atoms with Crippen LogP contribution in [-0.4, -0.2) is 9.38 Å². The van der Waals surface area contributed by atoms with Crippen LogP contribution in [-0.2, 0) is 6.18 Å². The molecule has 0 radical (unpaired) electrons. The van der Waals surface area contributed by atoms with Crippen molar-refractivity contribution < 1.29 is 13.2 Å². The Bertz CT molecular complexity index is 857. The van der Waals surface area contributed by atoms with Gasteiger partial charge < -0.3 is 0 Å². The quantitative estimate of drug-likeness (QED) is 0.475. The zero-order valence-electron chi connectivity index (χ0n) is 10.6. The van der Waals surface area contributed by atoms with Crippen molar-refractivity contribution in [1.82, 2.24) is 9.38 Å². The predicted octanol–water partition coefficient (Wildman–Crippen LogP) is 6.09. The molecule has 22 heavy (non-hydrogen) atoms. The highest BCUT2D eigenvalue weighted by atomic mass is 79.9. The van der Waals surface area contributed by atoms with Crippen molar-refractivity contribution in [2.75, 3.05) is 0 Å². The van der Waals surface area contributed by atoms with Crippen LogP contribution in [0.5, 0.6) is 0 Å². The zero-order valence-corrected chi connectivity index (χ0v) is 13.7. The van der Waals surface area contributed by atoms with E-state index in [9.17, 15) is 13.2 Å². The third-order valence-electron chi connectivity index (χ3n) is 3.06. The summed E-state index contributed by atoms with van der Waals surface area (Å²) in [5, 5.41) is -0.0367. The molecule has 0 fully saturated rings. The van der Waals surface area contributed by atoms with E-state index < -0.39 is 11.7 Å². The van der Waals surface area contributed by atoms with Crippen molar-refractivity contribution >= 4 is 44.8 Å². The molecule has 0 aliphatic rings.